The SMILES string of the molecule is O=C(c1ccc(Cl)cc1)N1CCCC1c1[nH]ncc1-c1ccccc1F. The number of nitrogens with one attached hydrogen (secondary N) is 1. The Morgan fingerprint density at radius 3 is 2.69 bits per heavy atom. The van der Waals surface area contributed by atoms with E-state index in [0.29, 0.717) is 28.3 Å². The number of aromatic nitrogens is 2. The summed E-state index contributed by atoms with van der Waals surface area (Å²) in [5, 5.41) is 7.69. The minimum Gasteiger partial charge on any atom is -0.330 e. The van der Waals surface area contributed by atoms with E-state index in [1.807, 2.05) is 4.90 Å². The molecule has 2 heterocycles. The van der Waals surface area contributed by atoms with Gasteiger partial charge >= 0.3 is 0 Å². The molecule has 1 saturated heterocycles. The molecule has 1 fully saturated rings. The molecule has 0 aliphatic carbocycles. The van der Waals surface area contributed by atoms with E-state index >= 15 is 0 Å². The zero-order valence-corrected chi connectivity index (χ0v) is 14.7. The maximum atomic E-state index is 14.2. The Labute approximate surface area is 155 Å². The average molecular weight is 370 g/mol. The standard InChI is InChI=1S/C20H17ClFN3O/c21-14-9-7-13(8-10-14)20(26)25-11-3-6-18(25)19-16(12-23-24-19)15-4-1-2-5-17(15)22/h1-2,4-5,7-10,12,18H,3,6,11H2,(H,23,24). The Morgan fingerprint density at radius 1 is 1.15 bits per heavy atom. The maximum Gasteiger partial charge on any atom is 0.254 e. The molecule has 1 unspecified atom stereocenters. The smallest absolute Gasteiger partial charge is 0.254 e. The molecule has 0 spiro atoms. The third-order valence-electron chi connectivity index (χ3n) is 4.77. The normalized spacial score (nSPS) is 16.8. The number of carbonyl (C=O) groups is 1. The van der Waals surface area contributed by atoms with E-state index in [1.54, 1.807) is 48.7 Å². The molecule has 1 aliphatic rings. The quantitative estimate of drug-likeness (QED) is 0.717. The van der Waals surface area contributed by atoms with Crippen molar-refractivity contribution in [1.82, 2.24) is 15.1 Å². The first kappa shape index (κ1) is 16.8. The lowest BCUT2D eigenvalue weighted by atomic mass is 10.00. The van der Waals surface area contributed by atoms with Gasteiger partial charge in [0.05, 0.1) is 17.9 Å². The minimum absolute atomic E-state index is 0.0572. The van der Waals surface area contributed by atoms with Crippen molar-refractivity contribution in [3.05, 3.63) is 76.8 Å². The number of hydrogen-bond acceptors (Lipinski definition) is 2. The van der Waals surface area contributed by atoms with Gasteiger partial charge in [-0.15, -0.1) is 0 Å². The van der Waals surface area contributed by atoms with E-state index in [2.05, 4.69) is 10.2 Å². The van der Waals surface area contributed by atoms with E-state index < -0.39 is 0 Å². The lowest BCUT2D eigenvalue weighted by Crippen LogP contribution is -2.31. The Balaban J connectivity index is 1.68. The van der Waals surface area contributed by atoms with E-state index in [9.17, 15) is 9.18 Å². The van der Waals surface area contributed by atoms with Gasteiger partial charge in [0.2, 0.25) is 0 Å². The minimum atomic E-state index is -0.302. The Hall–Kier alpha value is -2.66. The monoisotopic (exact) mass is 369 g/mol. The van der Waals surface area contributed by atoms with Gasteiger partial charge in [0.1, 0.15) is 5.82 Å². The summed E-state index contributed by atoms with van der Waals surface area (Å²) < 4.78 is 14.2. The molecule has 0 bridgehead atoms. The second kappa shape index (κ2) is 6.92. The van der Waals surface area contributed by atoms with Crippen LogP contribution in [0, 0.1) is 5.82 Å². The van der Waals surface area contributed by atoms with Gasteiger partial charge in [0.25, 0.3) is 5.91 Å². The van der Waals surface area contributed by atoms with Crippen molar-refractivity contribution in [1.29, 1.82) is 0 Å². The number of benzene rings is 2. The zero-order chi connectivity index (χ0) is 18.1. The first-order valence-electron chi connectivity index (χ1n) is 8.50. The summed E-state index contributed by atoms with van der Waals surface area (Å²) in [4.78, 5) is 14.8. The molecule has 4 rings (SSSR count). The second-order valence-corrected chi connectivity index (χ2v) is 6.78. The summed E-state index contributed by atoms with van der Waals surface area (Å²) in [7, 11) is 0. The van der Waals surface area contributed by atoms with Crippen molar-refractivity contribution in [3.8, 4) is 11.1 Å². The van der Waals surface area contributed by atoms with Gasteiger partial charge in [0.15, 0.2) is 0 Å². The molecule has 0 saturated carbocycles. The number of rotatable bonds is 3. The van der Waals surface area contributed by atoms with Crippen LogP contribution in [0.25, 0.3) is 11.1 Å². The molecule has 6 heteroatoms. The van der Waals surface area contributed by atoms with Crippen LogP contribution in [0.15, 0.2) is 54.7 Å². The van der Waals surface area contributed by atoms with Gasteiger partial charge in [-0.3, -0.25) is 9.89 Å². The molecule has 0 radical (unpaired) electrons. The topological polar surface area (TPSA) is 49.0 Å². The van der Waals surface area contributed by atoms with E-state index in [4.69, 9.17) is 11.6 Å². The van der Waals surface area contributed by atoms with Gasteiger partial charge in [-0.1, -0.05) is 29.8 Å². The summed E-state index contributed by atoms with van der Waals surface area (Å²) in [6.07, 6.45) is 3.32. The molecule has 132 valence electrons. The van der Waals surface area contributed by atoms with E-state index in [0.717, 1.165) is 18.5 Å². The summed E-state index contributed by atoms with van der Waals surface area (Å²) in [6.45, 7) is 0.655. The molecular weight excluding hydrogens is 353 g/mol. The van der Waals surface area contributed by atoms with Gasteiger partial charge in [-0.25, -0.2) is 4.39 Å². The summed E-state index contributed by atoms with van der Waals surface area (Å²) in [5.41, 5.74) is 2.55. The van der Waals surface area contributed by atoms with Crippen LogP contribution < -0.4 is 0 Å². The number of amides is 1. The van der Waals surface area contributed by atoms with Crippen molar-refractivity contribution < 1.29 is 9.18 Å². The van der Waals surface area contributed by atoms with Crippen LogP contribution in [0.2, 0.25) is 5.02 Å². The van der Waals surface area contributed by atoms with Crippen molar-refractivity contribution in [2.75, 3.05) is 6.54 Å². The molecule has 4 nitrogen and oxygen atoms in total. The van der Waals surface area contributed by atoms with Gasteiger partial charge in [-0.05, 0) is 43.2 Å². The summed E-state index contributed by atoms with van der Waals surface area (Å²) in [6, 6.07) is 13.3. The number of likely N-dealkylation sites (tertiary alicyclic amines) is 1. The molecule has 3 aromatic rings. The predicted molar refractivity (Wildman–Crippen MR) is 98.4 cm³/mol. The number of nitrogens with zero attached hydrogens (tertiary/aromatic N) is 2. The van der Waals surface area contributed by atoms with Crippen molar-refractivity contribution in [2.24, 2.45) is 0 Å². The van der Waals surface area contributed by atoms with Crippen LogP contribution in [0.1, 0.15) is 34.9 Å². The number of H-pyrrole nitrogens is 1. The Morgan fingerprint density at radius 2 is 1.92 bits per heavy atom. The summed E-state index contributed by atoms with van der Waals surface area (Å²) >= 11 is 5.92. The van der Waals surface area contributed by atoms with Crippen LogP contribution in [-0.4, -0.2) is 27.5 Å². The third kappa shape index (κ3) is 2.99. The van der Waals surface area contributed by atoms with E-state index in [1.165, 1.54) is 6.07 Å². The maximum absolute atomic E-state index is 14.2. The molecule has 2 aromatic carbocycles. The fourth-order valence-corrected chi connectivity index (χ4v) is 3.64. The second-order valence-electron chi connectivity index (χ2n) is 6.34. The first-order chi connectivity index (χ1) is 12.6. The van der Waals surface area contributed by atoms with Crippen LogP contribution >= 0.6 is 11.6 Å². The molecule has 1 aliphatic heterocycles. The zero-order valence-electron chi connectivity index (χ0n) is 14.0. The first-order valence-corrected chi connectivity index (χ1v) is 8.87. The molecule has 1 amide bonds. The Kier molecular flexibility index (Phi) is 4.47. The molecule has 26 heavy (non-hydrogen) atoms. The van der Waals surface area contributed by atoms with Crippen LogP contribution in [-0.2, 0) is 0 Å². The highest BCUT2D eigenvalue weighted by Gasteiger charge is 2.33. The van der Waals surface area contributed by atoms with Gasteiger partial charge in [-0.2, -0.15) is 5.10 Å². The number of aromatic amines is 1. The van der Waals surface area contributed by atoms with Gasteiger partial charge < -0.3 is 4.90 Å². The largest absolute Gasteiger partial charge is 0.330 e. The highest BCUT2D eigenvalue weighted by molar-refractivity contribution is 6.30. The van der Waals surface area contributed by atoms with Crippen LogP contribution in [0.3, 0.4) is 0 Å². The molecular formula is C20H17ClFN3O. The lowest BCUT2D eigenvalue weighted by Gasteiger charge is -2.25. The predicted octanol–water partition coefficient (Wildman–Crippen LogP) is 4.85. The molecule has 1 atom stereocenters. The highest BCUT2D eigenvalue weighted by atomic mass is 35.5. The number of halogens is 2. The van der Waals surface area contributed by atoms with Crippen molar-refractivity contribution in [2.45, 2.75) is 18.9 Å². The average Bonchev–Trinajstić information content (AvgIpc) is 3.31. The van der Waals surface area contributed by atoms with E-state index in [-0.39, 0.29) is 17.8 Å². The van der Waals surface area contributed by atoms with Gasteiger partial charge in [0, 0.05) is 28.3 Å². The van der Waals surface area contributed by atoms with Crippen LogP contribution in [0.5, 0.6) is 0 Å². The summed E-state index contributed by atoms with van der Waals surface area (Å²) in [5.74, 6) is -0.359. The molecule has 1 N–H and O–H groups in total. The Bertz CT molecular complexity index is 938. The number of hydrogen-bond donors (Lipinski definition) is 1. The number of carbonyl (C=O) groups excluding carboxylic acids is 1. The molecule has 1 aromatic heterocycles. The fourth-order valence-electron chi connectivity index (χ4n) is 3.51. The third-order valence-corrected chi connectivity index (χ3v) is 5.02. The highest BCUT2D eigenvalue weighted by Crippen LogP contribution is 2.37. The van der Waals surface area contributed by atoms with Crippen molar-refractivity contribution >= 4 is 17.5 Å². The van der Waals surface area contributed by atoms with Crippen molar-refractivity contribution in [3.63, 3.8) is 0 Å². The van der Waals surface area contributed by atoms with Crippen LogP contribution in [0.4, 0.5) is 4.39 Å². The fraction of sp³-hybridized carbons (Fsp3) is 0.200. The lowest BCUT2D eigenvalue weighted by molar-refractivity contribution is 0.0733.